The van der Waals surface area contributed by atoms with Crippen molar-refractivity contribution in [3.8, 4) is 11.5 Å². The Morgan fingerprint density at radius 2 is 1.91 bits per heavy atom. The number of nitrogens with one attached hydrogen (secondary N) is 1. The van der Waals surface area contributed by atoms with Gasteiger partial charge in [0.15, 0.2) is 11.5 Å². The topological polar surface area (TPSA) is 47.6 Å². The number of hydrogen-bond acceptors (Lipinski definition) is 4. The molecule has 0 atom stereocenters. The van der Waals surface area contributed by atoms with Gasteiger partial charge in [0, 0.05) is 10.6 Å². The Balaban J connectivity index is 1.82. The summed E-state index contributed by atoms with van der Waals surface area (Å²) in [6, 6.07) is 15.1. The van der Waals surface area contributed by atoms with E-state index < -0.39 is 0 Å². The number of thioether (sulfide) groups is 1. The maximum absolute atomic E-state index is 11.9. The molecule has 0 saturated carbocycles. The molecule has 0 aliphatic heterocycles. The van der Waals surface area contributed by atoms with Crippen molar-refractivity contribution in [2.75, 3.05) is 25.3 Å². The monoisotopic (exact) mass is 317 g/mol. The highest BCUT2D eigenvalue weighted by molar-refractivity contribution is 7.98. The van der Waals surface area contributed by atoms with E-state index in [9.17, 15) is 4.79 Å². The van der Waals surface area contributed by atoms with E-state index in [1.54, 1.807) is 18.9 Å². The molecule has 2 aromatic carbocycles. The molecule has 0 radical (unpaired) electrons. The van der Waals surface area contributed by atoms with E-state index in [1.165, 1.54) is 0 Å². The van der Waals surface area contributed by atoms with Crippen LogP contribution in [0.2, 0.25) is 0 Å². The first kappa shape index (κ1) is 16.2. The summed E-state index contributed by atoms with van der Waals surface area (Å²) in [6.45, 7) is 0.300. The Labute approximate surface area is 134 Å². The number of methoxy groups -OCH3 is 1. The molecule has 2 aromatic rings. The molecular formula is C17H19NO3S. The smallest absolute Gasteiger partial charge is 0.227 e. The number of rotatable bonds is 7. The highest BCUT2D eigenvalue weighted by atomic mass is 32.2. The Morgan fingerprint density at radius 3 is 2.64 bits per heavy atom. The summed E-state index contributed by atoms with van der Waals surface area (Å²) in [6.07, 6.45) is 2.28. The number of benzene rings is 2. The average molecular weight is 317 g/mol. The van der Waals surface area contributed by atoms with Crippen molar-refractivity contribution >= 4 is 23.4 Å². The molecule has 0 heterocycles. The molecule has 0 fully saturated rings. The van der Waals surface area contributed by atoms with E-state index in [-0.39, 0.29) is 12.3 Å². The van der Waals surface area contributed by atoms with Crippen LogP contribution in [0.3, 0.4) is 0 Å². The van der Waals surface area contributed by atoms with Crippen LogP contribution in [0.5, 0.6) is 11.5 Å². The summed E-state index contributed by atoms with van der Waals surface area (Å²) >= 11 is 1.64. The number of ether oxygens (including phenoxy) is 2. The second-order valence-electron chi connectivity index (χ2n) is 4.53. The molecule has 0 aliphatic carbocycles. The number of amides is 1. The predicted molar refractivity (Wildman–Crippen MR) is 90.0 cm³/mol. The third-order valence-corrected chi connectivity index (χ3v) is 3.73. The maximum atomic E-state index is 11.9. The van der Waals surface area contributed by atoms with Gasteiger partial charge in [-0.15, -0.1) is 11.8 Å². The van der Waals surface area contributed by atoms with Crippen LogP contribution in [0.15, 0.2) is 53.4 Å². The van der Waals surface area contributed by atoms with Gasteiger partial charge in [0.25, 0.3) is 0 Å². The van der Waals surface area contributed by atoms with Crippen LogP contribution in [0.25, 0.3) is 0 Å². The van der Waals surface area contributed by atoms with E-state index in [4.69, 9.17) is 9.47 Å². The molecule has 0 aliphatic rings. The lowest BCUT2D eigenvalue weighted by atomic mass is 10.3. The number of carbonyl (C=O) groups excluding carboxylic acids is 1. The van der Waals surface area contributed by atoms with E-state index in [0.29, 0.717) is 18.1 Å². The second-order valence-corrected chi connectivity index (χ2v) is 5.41. The molecule has 4 nitrogen and oxygen atoms in total. The van der Waals surface area contributed by atoms with Crippen molar-refractivity contribution < 1.29 is 14.3 Å². The van der Waals surface area contributed by atoms with Crippen LogP contribution < -0.4 is 14.8 Å². The van der Waals surface area contributed by atoms with Crippen LogP contribution in [0, 0.1) is 0 Å². The third-order valence-electron chi connectivity index (χ3n) is 3.01. The number of hydrogen-bond donors (Lipinski definition) is 1. The largest absolute Gasteiger partial charge is 0.493 e. The van der Waals surface area contributed by atoms with Crippen LogP contribution in [-0.2, 0) is 4.79 Å². The zero-order chi connectivity index (χ0) is 15.8. The molecule has 1 amide bonds. The summed E-state index contributed by atoms with van der Waals surface area (Å²) in [4.78, 5) is 13.0. The van der Waals surface area contributed by atoms with Crippen LogP contribution >= 0.6 is 11.8 Å². The number of para-hydroxylation sites is 2. The molecular weight excluding hydrogens is 298 g/mol. The zero-order valence-electron chi connectivity index (χ0n) is 12.7. The summed E-state index contributed by atoms with van der Waals surface area (Å²) < 4.78 is 10.8. The molecule has 1 N–H and O–H groups in total. The van der Waals surface area contributed by atoms with Crippen molar-refractivity contribution in [1.82, 2.24) is 0 Å². The fourth-order valence-corrected chi connectivity index (χ4v) is 2.38. The standard InChI is InChI=1S/C17H19NO3S/c1-20-15-8-3-4-9-16(15)21-11-10-17(19)18-13-6-5-7-14(12-13)22-2/h3-9,12H,10-11H2,1-2H3,(H,18,19). The van der Waals surface area contributed by atoms with Gasteiger partial charge in [0.05, 0.1) is 20.1 Å². The van der Waals surface area contributed by atoms with Gasteiger partial charge in [-0.25, -0.2) is 0 Å². The van der Waals surface area contributed by atoms with Gasteiger partial charge in [0.1, 0.15) is 0 Å². The SMILES string of the molecule is COc1ccccc1OCCC(=O)Nc1cccc(SC)c1. The summed E-state index contributed by atoms with van der Waals surface area (Å²) in [5.74, 6) is 1.23. The quantitative estimate of drug-likeness (QED) is 0.789. The summed E-state index contributed by atoms with van der Waals surface area (Å²) in [5.41, 5.74) is 0.800. The molecule has 0 bridgehead atoms. The van der Waals surface area contributed by atoms with E-state index in [2.05, 4.69) is 5.32 Å². The molecule has 22 heavy (non-hydrogen) atoms. The van der Waals surface area contributed by atoms with E-state index in [1.807, 2.05) is 54.8 Å². The predicted octanol–water partition coefficient (Wildman–Crippen LogP) is 3.82. The summed E-state index contributed by atoms with van der Waals surface area (Å²) in [5, 5.41) is 2.87. The Kier molecular flexibility index (Phi) is 6.15. The van der Waals surface area contributed by atoms with Gasteiger partial charge in [-0.3, -0.25) is 4.79 Å². The van der Waals surface area contributed by atoms with Crippen molar-refractivity contribution in [2.24, 2.45) is 0 Å². The highest BCUT2D eigenvalue weighted by Gasteiger charge is 2.06. The highest BCUT2D eigenvalue weighted by Crippen LogP contribution is 2.25. The molecule has 116 valence electrons. The Bertz CT molecular complexity index is 631. The van der Waals surface area contributed by atoms with Crippen molar-refractivity contribution in [3.05, 3.63) is 48.5 Å². The maximum Gasteiger partial charge on any atom is 0.227 e. The first-order valence-electron chi connectivity index (χ1n) is 6.92. The zero-order valence-corrected chi connectivity index (χ0v) is 13.5. The van der Waals surface area contributed by atoms with Gasteiger partial charge in [-0.1, -0.05) is 18.2 Å². The van der Waals surface area contributed by atoms with Gasteiger partial charge in [-0.2, -0.15) is 0 Å². The minimum Gasteiger partial charge on any atom is -0.493 e. The fraction of sp³-hybridized carbons (Fsp3) is 0.235. The molecule has 0 aromatic heterocycles. The lowest BCUT2D eigenvalue weighted by molar-refractivity contribution is -0.116. The minimum atomic E-state index is -0.0758. The van der Waals surface area contributed by atoms with Gasteiger partial charge < -0.3 is 14.8 Å². The fourth-order valence-electron chi connectivity index (χ4n) is 1.92. The van der Waals surface area contributed by atoms with Gasteiger partial charge in [-0.05, 0) is 36.6 Å². The lowest BCUT2D eigenvalue weighted by Gasteiger charge is -2.10. The average Bonchev–Trinajstić information content (AvgIpc) is 2.55. The molecule has 0 saturated heterocycles. The normalized spacial score (nSPS) is 10.1. The van der Waals surface area contributed by atoms with Crippen molar-refractivity contribution in [2.45, 2.75) is 11.3 Å². The Hall–Kier alpha value is -2.14. The molecule has 5 heteroatoms. The van der Waals surface area contributed by atoms with Crippen LogP contribution in [0.4, 0.5) is 5.69 Å². The summed E-state index contributed by atoms with van der Waals surface area (Å²) in [7, 11) is 1.59. The van der Waals surface area contributed by atoms with E-state index in [0.717, 1.165) is 10.6 Å². The van der Waals surface area contributed by atoms with Gasteiger partial charge in [0.2, 0.25) is 5.91 Å². The molecule has 0 spiro atoms. The third kappa shape index (κ3) is 4.70. The van der Waals surface area contributed by atoms with Crippen LogP contribution in [-0.4, -0.2) is 25.9 Å². The Morgan fingerprint density at radius 1 is 1.14 bits per heavy atom. The lowest BCUT2D eigenvalue weighted by Crippen LogP contribution is -2.15. The minimum absolute atomic E-state index is 0.0758. The number of anilines is 1. The molecule has 2 rings (SSSR count). The number of carbonyl (C=O) groups is 1. The van der Waals surface area contributed by atoms with Crippen molar-refractivity contribution in [3.63, 3.8) is 0 Å². The van der Waals surface area contributed by atoms with E-state index >= 15 is 0 Å². The first-order valence-corrected chi connectivity index (χ1v) is 8.15. The van der Waals surface area contributed by atoms with Crippen LogP contribution in [0.1, 0.15) is 6.42 Å². The van der Waals surface area contributed by atoms with Crippen molar-refractivity contribution in [1.29, 1.82) is 0 Å². The first-order chi connectivity index (χ1) is 10.7. The van der Waals surface area contributed by atoms with Gasteiger partial charge >= 0.3 is 0 Å². The molecule has 0 unspecified atom stereocenters. The second kappa shape index (κ2) is 8.34.